The summed E-state index contributed by atoms with van der Waals surface area (Å²) in [5, 5.41) is 8.22. The molecule has 0 bridgehead atoms. The van der Waals surface area contributed by atoms with Crippen molar-refractivity contribution in [2.45, 2.75) is 5.92 Å². The smallest absolute Gasteiger partial charge is 0.357 e. The molecule has 0 aliphatic carbocycles. The molecule has 0 aromatic heterocycles. The van der Waals surface area contributed by atoms with Crippen LogP contribution in [0.5, 0.6) is 5.75 Å². The largest absolute Gasteiger partial charge is 0.496 e. The maximum absolute atomic E-state index is 12.9. The summed E-state index contributed by atoms with van der Waals surface area (Å²) in [6.07, 6.45) is 0. The Morgan fingerprint density at radius 3 is 2.57 bits per heavy atom. The molecule has 0 spiro atoms. The van der Waals surface area contributed by atoms with Gasteiger partial charge in [-0.15, -0.1) is 0 Å². The summed E-state index contributed by atoms with van der Waals surface area (Å²) in [7, 11) is 1.43. The molecular formula is C9H6BrF2NO. The molecule has 1 aromatic carbocycles. The van der Waals surface area contributed by atoms with Crippen LogP contribution >= 0.6 is 15.9 Å². The van der Waals surface area contributed by atoms with Crippen LogP contribution in [0.4, 0.5) is 8.78 Å². The van der Waals surface area contributed by atoms with E-state index in [1.807, 2.05) is 0 Å². The molecular weight excluding hydrogens is 256 g/mol. The summed E-state index contributed by atoms with van der Waals surface area (Å²) in [4.78, 5) is 0. The molecule has 0 fully saturated rings. The molecule has 0 radical (unpaired) electrons. The van der Waals surface area contributed by atoms with E-state index in [0.29, 0.717) is 10.2 Å². The second kappa shape index (κ2) is 3.93. The van der Waals surface area contributed by atoms with E-state index in [4.69, 9.17) is 10.00 Å². The first-order chi connectivity index (χ1) is 6.51. The number of ether oxygens (including phenoxy) is 1. The second-order valence-corrected chi connectivity index (χ2v) is 3.39. The topological polar surface area (TPSA) is 33.0 Å². The highest BCUT2D eigenvalue weighted by atomic mass is 79.9. The zero-order valence-electron chi connectivity index (χ0n) is 7.22. The maximum Gasteiger partial charge on any atom is 0.357 e. The highest BCUT2D eigenvalue weighted by Crippen LogP contribution is 2.33. The van der Waals surface area contributed by atoms with Crippen molar-refractivity contribution in [2.75, 3.05) is 7.11 Å². The lowest BCUT2D eigenvalue weighted by atomic mass is 10.1. The van der Waals surface area contributed by atoms with Crippen LogP contribution in [0.1, 0.15) is 5.56 Å². The fourth-order valence-corrected chi connectivity index (χ4v) is 1.47. The molecule has 0 aliphatic rings. The van der Waals surface area contributed by atoms with Gasteiger partial charge in [-0.25, -0.2) is 0 Å². The van der Waals surface area contributed by atoms with Crippen molar-refractivity contribution in [3.63, 3.8) is 0 Å². The number of benzene rings is 1. The standard InChI is InChI=1S/C9H6BrF2NO/c1-14-8-3-2-6(4-7(8)10)9(11,12)5-13/h2-4H,1H3. The van der Waals surface area contributed by atoms with Gasteiger partial charge in [-0.2, -0.15) is 14.0 Å². The normalized spacial score (nSPS) is 10.8. The Hall–Kier alpha value is -1.15. The van der Waals surface area contributed by atoms with Crippen molar-refractivity contribution in [3.8, 4) is 11.8 Å². The second-order valence-electron chi connectivity index (χ2n) is 2.54. The van der Waals surface area contributed by atoms with E-state index in [1.165, 1.54) is 19.2 Å². The Morgan fingerprint density at radius 1 is 1.50 bits per heavy atom. The third-order valence-electron chi connectivity index (χ3n) is 1.65. The van der Waals surface area contributed by atoms with Gasteiger partial charge < -0.3 is 4.74 Å². The van der Waals surface area contributed by atoms with Crippen LogP contribution in [-0.2, 0) is 5.92 Å². The van der Waals surface area contributed by atoms with E-state index < -0.39 is 5.92 Å². The van der Waals surface area contributed by atoms with Crippen LogP contribution in [-0.4, -0.2) is 7.11 Å². The number of methoxy groups -OCH3 is 1. The number of halogens is 3. The van der Waals surface area contributed by atoms with Crippen LogP contribution in [0.3, 0.4) is 0 Å². The first-order valence-corrected chi connectivity index (χ1v) is 4.43. The summed E-state index contributed by atoms with van der Waals surface area (Å²) < 4.78 is 31.0. The van der Waals surface area contributed by atoms with Gasteiger partial charge in [0.1, 0.15) is 11.8 Å². The lowest BCUT2D eigenvalue weighted by Crippen LogP contribution is -2.09. The Labute approximate surface area is 88.2 Å². The SMILES string of the molecule is COc1ccc(C(F)(F)C#N)cc1Br. The minimum absolute atomic E-state index is 0.354. The molecule has 74 valence electrons. The van der Waals surface area contributed by atoms with E-state index in [9.17, 15) is 8.78 Å². The van der Waals surface area contributed by atoms with Gasteiger partial charge in [0.15, 0.2) is 0 Å². The van der Waals surface area contributed by atoms with Gasteiger partial charge in [0, 0.05) is 5.56 Å². The molecule has 0 heterocycles. The summed E-state index contributed by atoms with van der Waals surface area (Å²) in [6, 6.07) is 4.64. The van der Waals surface area contributed by atoms with E-state index in [2.05, 4.69) is 15.9 Å². The molecule has 0 aliphatic heterocycles. The summed E-state index contributed by atoms with van der Waals surface area (Å²) in [6.45, 7) is 0. The lowest BCUT2D eigenvalue weighted by molar-refractivity contribution is 0.0612. The number of nitrogens with zero attached hydrogens (tertiary/aromatic N) is 1. The minimum atomic E-state index is -3.46. The van der Waals surface area contributed by atoms with Gasteiger partial charge >= 0.3 is 5.92 Å². The number of nitriles is 1. The maximum atomic E-state index is 12.9. The Kier molecular flexibility index (Phi) is 3.06. The van der Waals surface area contributed by atoms with Crippen molar-refractivity contribution in [2.24, 2.45) is 0 Å². The van der Waals surface area contributed by atoms with Crippen LogP contribution in [0.15, 0.2) is 22.7 Å². The number of alkyl halides is 2. The fourth-order valence-electron chi connectivity index (χ4n) is 0.926. The van der Waals surface area contributed by atoms with Crippen molar-refractivity contribution < 1.29 is 13.5 Å². The third kappa shape index (κ3) is 2.02. The highest BCUT2D eigenvalue weighted by molar-refractivity contribution is 9.10. The monoisotopic (exact) mass is 261 g/mol. The molecule has 0 saturated carbocycles. The van der Waals surface area contributed by atoms with Gasteiger partial charge in [0.25, 0.3) is 0 Å². The zero-order valence-corrected chi connectivity index (χ0v) is 8.81. The van der Waals surface area contributed by atoms with Crippen LogP contribution in [0, 0.1) is 11.3 Å². The Morgan fingerprint density at radius 2 is 2.14 bits per heavy atom. The quantitative estimate of drug-likeness (QED) is 0.820. The van der Waals surface area contributed by atoms with Gasteiger partial charge in [0.2, 0.25) is 0 Å². The van der Waals surface area contributed by atoms with Crippen LogP contribution in [0.25, 0.3) is 0 Å². The first-order valence-electron chi connectivity index (χ1n) is 3.64. The molecule has 1 rings (SSSR count). The Balaban J connectivity index is 3.17. The van der Waals surface area contributed by atoms with Crippen molar-refractivity contribution in [1.82, 2.24) is 0 Å². The first kappa shape index (κ1) is 10.9. The molecule has 0 atom stereocenters. The number of hydrogen-bond acceptors (Lipinski definition) is 2. The van der Waals surface area contributed by atoms with E-state index in [1.54, 1.807) is 0 Å². The Bertz CT molecular complexity index is 387. The average Bonchev–Trinajstić information content (AvgIpc) is 2.17. The van der Waals surface area contributed by atoms with Crippen LogP contribution in [0.2, 0.25) is 0 Å². The van der Waals surface area contributed by atoms with Gasteiger partial charge in [-0.1, -0.05) is 0 Å². The number of rotatable bonds is 2. The predicted octanol–water partition coefficient (Wildman–Crippen LogP) is 3.07. The van der Waals surface area contributed by atoms with E-state index in [-0.39, 0.29) is 5.56 Å². The zero-order chi connectivity index (χ0) is 10.8. The molecule has 0 saturated heterocycles. The molecule has 1 aromatic rings. The van der Waals surface area contributed by atoms with Crippen molar-refractivity contribution in [3.05, 3.63) is 28.2 Å². The minimum Gasteiger partial charge on any atom is -0.496 e. The van der Waals surface area contributed by atoms with Crippen molar-refractivity contribution in [1.29, 1.82) is 5.26 Å². The molecule has 0 unspecified atom stereocenters. The molecule has 0 N–H and O–H groups in total. The van der Waals surface area contributed by atoms with E-state index in [0.717, 1.165) is 12.1 Å². The van der Waals surface area contributed by atoms with Crippen molar-refractivity contribution >= 4 is 15.9 Å². The van der Waals surface area contributed by atoms with Gasteiger partial charge in [-0.05, 0) is 34.1 Å². The van der Waals surface area contributed by atoms with Gasteiger partial charge in [0.05, 0.1) is 11.6 Å². The highest BCUT2D eigenvalue weighted by Gasteiger charge is 2.31. The molecule has 14 heavy (non-hydrogen) atoms. The lowest BCUT2D eigenvalue weighted by Gasteiger charge is -2.09. The summed E-state index contributed by atoms with van der Waals surface area (Å²) >= 11 is 3.06. The van der Waals surface area contributed by atoms with Gasteiger partial charge in [-0.3, -0.25) is 0 Å². The number of hydrogen-bond donors (Lipinski definition) is 0. The molecule has 5 heteroatoms. The molecule has 0 amide bonds. The summed E-state index contributed by atoms with van der Waals surface area (Å²) in [5.41, 5.74) is -0.354. The average molecular weight is 262 g/mol. The third-order valence-corrected chi connectivity index (χ3v) is 2.27. The molecule has 2 nitrogen and oxygen atoms in total. The van der Waals surface area contributed by atoms with E-state index >= 15 is 0 Å². The van der Waals surface area contributed by atoms with Crippen LogP contribution < -0.4 is 4.74 Å². The predicted molar refractivity (Wildman–Crippen MR) is 50.2 cm³/mol. The summed E-state index contributed by atoms with van der Waals surface area (Å²) in [5.74, 6) is -3.02. The fraction of sp³-hybridized carbons (Fsp3) is 0.222.